The lowest BCUT2D eigenvalue weighted by atomic mass is 10.1. The highest BCUT2D eigenvalue weighted by atomic mass is 16.1. The zero-order valence-corrected chi connectivity index (χ0v) is 9.73. The van der Waals surface area contributed by atoms with Crippen molar-refractivity contribution in [3.05, 3.63) is 0 Å². The van der Waals surface area contributed by atoms with Crippen molar-refractivity contribution in [1.82, 2.24) is 10.6 Å². The molecule has 1 amide bonds. The summed E-state index contributed by atoms with van der Waals surface area (Å²) in [4.78, 5) is 11.2. The molecule has 0 bridgehead atoms. The zero-order chi connectivity index (χ0) is 10.8. The highest BCUT2D eigenvalue weighted by Crippen LogP contribution is 1.97. The van der Waals surface area contributed by atoms with Crippen molar-refractivity contribution in [2.75, 3.05) is 19.6 Å². The average molecular weight is 200 g/mol. The third-order valence-corrected chi connectivity index (χ3v) is 1.87. The van der Waals surface area contributed by atoms with Gasteiger partial charge in [-0.25, -0.2) is 0 Å². The number of hydrogen-bond donors (Lipinski definition) is 2. The predicted octanol–water partition coefficient (Wildman–Crippen LogP) is 1.54. The Kier molecular flexibility index (Phi) is 8.64. The summed E-state index contributed by atoms with van der Waals surface area (Å²) in [6, 6.07) is 0. The summed E-state index contributed by atoms with van der Waals surface area (Å²) in [5.41, 5.74) is 0. The van der Waals surface area contributed by atoms with Gasteiger partial charge in [0.05, 0.1) is 0 Å². The van der Waals surface area contributed by atoms with Crippen molar-refractivity contribution in [3.8, 4) is 0 Å². The molecule has 0 aromatic rings. The molecule has 3 heteroatoms. The van der Waals surface area contributed by atoms with Gasteiger partial charge in [0.1, 0.15) is 0 Å². The maximum Gasteiger partial charge on any atom is 0.220 e. The van der Waals surface area contributed by atoms with E-state index < -0.39 is 0 Å². The van der Waals surface area contributed by atoms with Crippen LogP contribution in [0.15, 0.2) is 0 Å². The van der Waals surface area contributed by atoms with Crippen LogP contribution in [0.3, 0.4) is 0 Å². The van der Waals surface area contributed by atoms with Gasteiger partial charge in [0.15, 0.2) is 0 Å². The third-order valence-electron chi connectivity index (χ3n) is 1.87. The molecule has 0 heterocycles. The Morgan fingerprint density at radius 3 is 2.50 bits per heavy atom. The first-order chi connectivity index (χ1) is 6.66. The Hall–Kier alpha value is -0.570. The van der Waals surface area contributed by atoms with Crippen molar-refractivity contribution < 1.29 is 4.79 Å². The molecule has 84 valence electrons. The number of carbonyl (C=O) groups is 1. The molecular formula is C11H24N2O. The van der Waals surface area contributed by atoms with E-state index in [4.69, 9.17) is 0 Å². The lowest BCUT2D eigenvalue weighted by molar-refractivity contribution is -0.121. The van der Waals surface area contributed by atoms with Crippen LogP contribution in [0, 0.1) is 5.92 Å². The van der Waals surface area contributed by atoms with Gasteiger partial charge in [-0.1, -0.05) is 20.8 Å². The third kappa shape index (κ3) is 9.52. The molecule has 0 saturated carbocycles. The number of amides is 1. The van der Waals surface area contributed by atoms with E-state index in [0.29, 0.717) is 12.3 Å². The van der Waals surface area contributed by atoms with Crippen LogP contribution < -0.4 is 10.6 Å². The fraction of sp³-hybridized carbons (Fsp3) is 0.909. The van der Waals surface area contributed by atoms with Gasteiger partial charge in [-0.05, 0) is 31.8 Å². The van der Waals surface area contributed by atoms with Crippen LogP contribution in [-0.4, -0.2) is 25.5 Å². The van der Waals surface area contributed by atoms with Gasteiger partial charge in [-0.2, -0.15) is 0 Å². The molecule has 0 radical (unpaired) electrons. The SMILES string of the molecule is CCCNCCCNC(=O)CC(C)C. The molecule has 0 aromatic carbocycles. The number of hydrogen-bond acceptors (Lipinski definition) is 2. The second-order valence-corrected chi connectivity index (χ2v) is 4.05. The molecule has 0 unspecified atom stereocenters. The highest BCUT2D eigenvalue weighted by molar-refractivity contribution is 5.75. The fourth-order valence-corrected chi connectivity index (χ4v) is 1.19. The number of carbonyl (C=O) groups excluding carboxylic acids is 1. The van der Waals surface area contributed by atoms with Crippen LogP contribution in [0.1, 0.15) is 40.0 Å². The van der Waals surface area contributed by atoms with Gasteiger partial charge in [0.2, 0.25) is 5.91 Å². The summed E-state index contributed by atoms with van der Waals surface area (Å²) in [6.07, 6.45) is 2.83. The van der Waals surface area contributed by atoms with Crippen molar-refractivity contribution in [1.29, 1.82) is 0 Å². The summed E-state index contributed by atoms with van der Waals surface area (Å²) in [7, 11) is 0. The van der Waals surface area contributed by atoms with Gasteiger partial charge in [-0.15, -0.1) is 0 Å². The molecule has 0 rings (SSSR count). The topological polar surface area (TPSA) is 41.1 Å². The first-order valence-electron chi connectivity index (χ1n) is 5.64. The van der Waals surface area contributed by atoms with E-state index in [1.807, 2.05) is 0 Å². The number of rotatable bonds is 8. The zero-order valence-electron chi connectivity index (χ0n) is 9.73. The molecule has 2 N–H and O–H groups in total. The van der Waals surface area contributed by atoms with Crippen LogP contribution in [0.5, 0.6) is 0 Å². The summed E-state index contributed by atoms with van der Waals surface area (Å²) in [5.74, 6) is 0.628. The lowest BCUT2D eigenvalue weighted by Crippen LogP contribution is -2.28. The van der Waals surface area contributed by atoms with Gasteiger partial charge < -0.3 is 10.6 Å². The fourth-order valence-electron chi connectivity index (χ4n) is 1.19. The van der Waals surface area contributed by atoms with E-state index in [1.54, 1.807) is 0 Å². The van der Waals surface area contributed by atoms with E-state index in [2.05, 4.69) is 31.4 Å². The van der Waals surface area contributed by atoms with Crippen LogP contribution >= 0.6 is 0 Å². The molecule has 0 saturated heterocycles. The molecule has 0 spiro atoms. The van der Waals surface area contributed by atoms with Crippen molar-refractivity contribution in [3.63, 3.8) is 0 Å². The second-order valence-electron chi connectivity index (χ2n) is 4.05. The summed E-state index contributed by atoms with van der Waals surface area (Å²) in [5, 5.41) is 6.21. The van der Waals surface area contributed by atoms with Gasteiger partial charge >= 0.3 is 0 Å². The van der Waals surface area contributed by atoms with E-state index in [9.17, 15) is 4.79 Å². The summed E-state index contributed by atoms with van der Waals surface area (Å²) >= 11 is 0. The summed E-state index contributed by atoms with van der Waals surface area (Å²) < 4.78 is 0. The van der Waals surface area contributed by atoms with Crippen LogP contribution in [-0.2, 0) is 4.79 Å². The monoisotopic (exact) mass is 200 g/mol. The Morgan fingerprint density at radius 1 is 1.21 bits per heavy atom. The molecule has 14 heavy (non-hydrogen) atoms. The maximum absolute atomic E-state index is 11.2. The minimum atomic E-state index is 0.176. The Morgan fingerprint density at radius 2 is 1.93 bits per heavy atom. The van der Waals surface area contributed by atoms with Crippen molar-refractivity contribution in [2.24, 2.45) is 5.92 Å². The minimum Gasteiger partial charge on any atom is -0.356 e. The van der Waals surface area contributed by atoms with Crippen LogP contribution in [0.25, 0.3) is 0 Å². The Labute approximate surface area is 87.6 Å². The largest absolute Gasteiger partial charge is 0.356 e. The van der Waals surface area contributed by atoms with Gasteiger partial charge in [0, 0.05) is 13.0 Å². The van der Waals surface area contributed by atoms with Crippen molar-refractivity contribution in [2.45, 2.75) is 40.0 Å². The quantitative estimate of drug-likeness (QED) is 0.584. The van der Waals surface area contributed by atoms with E-state index in [0.717, 1.165) is 26.1 Å². The maximum atomic E-state index is 11.2. The van der Waals surface area contributed by atoms with E-state index in [1.165, 1.54) is 6.42 Å². The normalized spacial score (nSPS) is 10.6. The molecule has 0 aliphatic carbocycles. The Balaban J connectivity index is 3.15. The lowest BCUT2D eigenvalue weighted by Gasteiger charge is -2.07. The van der Waals surface area contributed by atoms with Crippen molar-refractivity contribution >= 4 is 5.91 Å². The predicted molar refractivity (Wildman–Crippen MR) is 60.2 cm³/mol. The van der Waals surface area contributed by atoms with Crippen LogP contribution in [0.4, 0.5) is 0 Å². The average Bonchev–Trinajstić information content (AvgIpc) is 2.10. The highest BCUT2D eigenvalue weighted by Gasteiger charge is 2.02. The molecular weight excluding hydrogens is 176 g/mol. The minimum absolute atomic E-state index is 0.176. The summed E-state index contributed by atoms with van der Waals surface area (Å²) in [6.45, 7) is 9.13. The molecule has 0 aromatic heterocycles. The van der Waals surface area contributed by atoms with E-state index in [-0.39, 0.29) is 5.91 Å². The van der Waals surface area contributed by atoms with E-state index >= 15 is 0 Å². The standard InChI is InChI=1S/C11H24N2O/c1-4-6-12-7-5-8-13-11(14)9-10(2)3/h10,12H,4-9H2,1-3H3,(H,13,14). The molecule has 0 aliphatic heterocycles. The van der Waals surface area contributed by atoms with Gasteiger partial charge in [-0.3, -0.25) is 4.79 Å². The smallest absolute Gasteiger partial charge is 0.220 e. The first kappa shape index (κ1) is 13.4. The van der Waals surface area contributed by atoms with Gasteiger partial charge in [0.25, 0.3) is 0 Å². The number of nitrogens with one attached hydrogen (secondary N) is 2. The molecule has 0 fully saturated rings. The molecule has 0 aliphatic rings. The second kappa shape index (κ2) is 9.00. The van der Waals surface area contributed by atoms with Crippen LogP contribution in [0.2, 0.25) is 0 Å². The molecule has 0 atom stereocenters. The first-order valence-corrected chi connectivity index (χ1v) is 5.64. The Bertz CT molecular complexity index is 146. The molecule has 3 nitrogen and oxygen atoms in total.